The largest absolute Gasteiger partial charge is 1.00 e. The van der Waals surface area contributed by atoms with Crippen molar-refractivity contribution in [3.63, 3.8) is 0 Å². The van der Waals surface area contributed by atoms with Crippen LogP contribution < -0.4 is 73.2 Å². The Bertz CT molecular complexity index is 759. The van der Waals surface area contributed by atoms with Gasteiger partial charge in [-0.3, -0.25) is 0 Å². The van der Waals surface area contributed by atoms with Crippen molar-refractivity contribution in [2.24, 2.45) is 0 Å². The smallest absolute Gasteiger partial charge is 0.195 e. The second-order valence-electron chi connectivity index (χ2n) is 6.51. The van der Waals surface area contributed by atoms with Gasteiger partial charge in [0.15, 0.2) is 0 Å². The van der Waals surface area contributed by atoms with Crippen LogP contribution in [0.4, 0.5) is 0 Å². The quantitative estimate of drug-likeness (QED) is 0.453. The molecule has 0 bridgehead atoms. The van der Waals surface area contributed by atoms with Crippen molar-refractivity contribution >= 4 is 28.0 Å². The van der Waals surface area contributed by atoms with Crippen molar-refractivity contribution < 1.29 is 51.4 Å². The fourth-order valence-electron chi connectivity index (χ4n) is 4.12. The van der Waals surface area contributed by atoms with Gasteiger partial charge in [-0.1, -0.05) is 121 Å². The SMILES string of the molecule is [K+].c1ccc([B-](c2ccccc2)(c2ccccc2)c2ccccc2)cc1. The average molecular weight is 358 g/mol. The van der Waals surface area contributed by atoms with Gasteiger partial charge in [0.05, 0.1) is 0 Å². The van der Waals surface area contributed by atoms with Crippen molar-refractivity contribution in [1.82, 2.24) is 0 Å². The molecule has 120 valence electrons. The molecule has 0 N–H and O–H groups in total. The van der Waals surface area contributed by atoms with Gasteiger partial charge < -0.3 is 0 Å². The van der Waals surface area contributed by atoms with Crippen LogP contribution in [0.25, 0.3) is 0 Å². The Hall–Kier alpha value is -1.42. The van der Waals surface area contributed by atoms with E-state index in [4.69, 9.17) is 0 Å². The first-order chi connectivity index (χ1) is 12.4. The molecule has 0 atom stereocenters. The third-order valence-corrected chi connectivity index (χ3v) is 5.20. The summed E-state index contributed by atoms with van der Waals surface area (Å²) < 4.78 is 0. The predicted molar refractivity (Wildman–Crippen MR) is 110 cm³/mol. The fraction of sp³-hybridized carbons (Fsp3) is 0. The molecule has 4 rings (SSSR count). The zero-order valence-electron chi connectivity index (χ0n) is 15.1. The van der Waals surface area contributed by atoms with E-state index < -0.39 is 6.15 Å². The second kappa shape index (κ2) is 8.99. The van der Waals surface area contributed by atoms with Gasteiger partial charge in [-0.25, -0.2) is 0 Å². The predicted octanol–water partition coefficient (Wildman–Crippen LogP) is 0.0680. The molecular weight excluding hydrogens is 338 g/mol. The maximum atomic E-state index is 2.26. The molecule has 4 aromatic rings. The van der Waals surface area contributed by atoms with Crippen LogP contribution in [0, 0.1) is 0 Å². The van der Waals surface area contributed by atoms with Gasteiger partial charge in [0.1, 0.15) is 6.15 Å². The van der Waals surface area contributed by atoms with Crippen molar-refractivity contribution in [1.29, 1.82) is 0 Å². The van der Waals surface area contributed by atoms with Gasteiger partial charge >= 0.3 is 51.4 Å². The zero-order chi connectivity index (χ0) is 17.0. The van der Waals surface area contributed by atoms with Crippen LogP contribution >= 0.6 is 0 Å². The second-order valence-corrected chi connectivity index (χ2v) is 6.51. The Morgan fingerprint density at radius 3 is 0.692 bits per heavy atom. The molecule has 2 heteroatoms. The molecule has 0 nitrogen and oxygen atoms in total. The first-order valence-electron chi connectivity index (χ1n) is 8.80. The topological polar surface area (TPSA) is 0 Å². The van der Waals surface area contributed by atoms with Crippen LogP contribution in [0.3, 0.4) is 0 Å². The maximum absolute atomic E-state index is 2.26. The molecule has 0 unspecified atom stereocenters. The third kappa shape index (κ3) is 3.53. The van der Waals surface area contributed by atoms with Gasteiger partial charge in [0, 0.05) is 0 Å². The zero-order valence-corrected chi connectivity index (χ0v) is 18.2. The number of rotatable bonds is 4. The van der Waals surface area contributed by atoms with Crippen LogP contribution in [0.5, 0.6) is 0 Å². The maximum Gasteiger partial charge on any atom is 1.00 e. The van der Waals surface area contributed by atoms with Crippen LogP contribution in [0.2, 0.25) is 0 Å². The average Bonchev–Trinajstić information content (AvgIpc) is 2.72. The molecule has 0 amide bonds. The molecule has 0 saturated heterocycles. The van der Waals surface area contributed by atoms with Gasteiger partial charge in [-0.15, -0.1) is 0 Å². The van der Waals surface area contributed by atoms with E-state index in [0.29, 0.717) is 0 Å². The molecular formula is C24H20BK. The summed E-state index contributed by atoms with van der Waals surface area (Å²) in [7, 11) is 0. The van der Waals surface area contributed by atoms with Crippen molar-refractivity contribution in [3.8, 4) is 0 Å². The molecule has 0 aliphatic carbocycles. The van der Waals surface area contributed by atoms with E-state index in [2.05, 4.69) is 121 Å². The summed E-state index contributed by atoms with van der Waals surface area (Å²) in [6, 6.07) is 43.5. The molecule has 0 saturated carbocycles. The molecule has 26 heavy (non-hydrogen) atoms. The van der Waals surface area contributed by atoms with E-state index in [-0.39, 0.29) is 51.4 Å². The van der Waals surface area contributed by atoms with E-state index in [1.165, 1.54) is 21.9 Å². The standard InChI is InChI=1S/C24H20B.K/c1-5-13-21(14-6-1)25(22-15-7-2-8-16-22,23-17-9-3-10-18-23)24-19-11-4-12-20-24;/h1-20H;/q-1;+1. The summed E-state index contributed by atoms with van der Waals surface area (Å²) in [5.41, 5.74) is 5.36. The minimum absolute atomic E-state index is 0. The van der Waals surface area contributed by atoms with Gasteiger partial charge in [0.25, 0.3) is 0 Å². The molecule has 0 spiro atoms. The summed E-state index contributed by atoms with van der Waals surface area (Å²) >= 11 is 0. The van der Waals surface area contributed by atoms with Gasteiger partial charge in [0.2, 0.25) is 0 Å². The van der Waals surface area contributed by atoms with Crippen molar-refractivity contribution in [3.05, 3.63) is 121 Å². The number of hydrogen-bond acceptors (Lipinski definition) is 0. The Morgan fingerprint density at radius 1 is 0.308 bits per heavy atom. The number of hydrogen-bond donors (Lipinski definition) is 0. The molecule has 4 aromatic carbocycles. The van der Waals surface area contributed by atoms with E-state index in [1.54, 1.807) is 0 Å². The first kappa shape index (κ1) is 19.3. The molecule has 0 aliphatic heterocycles. The summed E-state index contributed by atoms with van der Waals surface area (Å²) in [4.78, 5) is 0. The van der Waals surface area contributed by atoms with Gasteiger partial charge in [-0.2, -0.15) is 21.9 Å². The molecule has 0 radical (unpaired) electrons. The Labute approximate surface area is 198 Å². The van der Waals surface area contributed by atoms with Crippen LogP contribution in [0.15, 0.2) is 121 Å². The molecule has 0 aromatic heterocycles. The van der Waals surface area contributed by atoms with E-state index >= 15 is 0 Å². The Kier molecular flexibility index (Phi) is 6.69. The van der Waals surface area contributed by atoms with Crippen LogP contribution in [-0.2, 0) is 0 Å². The first-order valence-corrected chi connectivity index (χ1v) is 8.80. The number of benzene rings is 4. The van der Waals surface area contributed by atoms with Crippen molar-refractivity contribution in [2.45, 2.75) is 0 Å². The fourth-order valence-corrected chi connectivity index (χ4v) is 4.12. The minimum Gasteiger partial charge on any atom is -0.195 e. The van der Waals surface area contributed by atoms with E-state index in [9.17, 15) is 0 Å². The van der Waals surface area contributed by atoms with E-state index in [1.807, 2.05) is 0 Å². The van der Waals surface area contributed by atoms with Gasteiger partial charge in [-0.05, 0) is 0 Å². The third-order valence-electron chi connectivity index (χ3n) is 5.20. The normalized spacial score (nSPS) is 10.8. The Morgan fingerprint density at radius 2 is 0.500 bits per heavy atom. The van der Waals surface area contributed by atoms with Crippen molar-refractivity contribution in [2.75, 3.05) is 0 Å². The minimum atomic E-state index is -1.22. The molecule has 0 aliphatic rings. The molecule has 0 heterocycles. The summed E-state index contributed by atoms with van der Waals surface area (Å²) in [5, 5.41) is 0. The summed E-state index contributed by atoms with van der Waals surface area (Å²) in [5.74, 6) is 0. The van der Waals surface area contributed by atoms with E-state index in [0.717, 1.165) is 0 Å². The summed E-state index contributed by atoms with van der Waals surface area (Å²) in [6.07, 6.45) is -1.22. The van der Waals surface area contributed by atoms with Crippen LogP contribution in [0.1, 0.15) is 0 Å². The Balaban J connectivity index is 0.00000196. The van der Waals surface area contributed by atoms with Crippen LogP contribution in [-0.4, -0.2) is 6.15 Å². The monoisotopic (exact) mass is 358 g/mol. The molecule has 0 fully saturated rings. The summed E-state index contributed by atoms with van der Waals surface area (Å²) in [6.45, 7) is 0.